The Morgan fingerprint density at radius 2 is 1.78 bits per heavy atom. The third-order valence-corrected chi connectivity index (χ3v) is 13.3. The molecular weight excluding hydrogens is 679 g/mol. The first kappa shape index (κ1) is 38.5. The third-order valence-electron chi connectivity index (χ3n) is 13.3. The van der Waals surface area contributed by atoms with E-state index in [-0.39, 0.29) is 37.0 Å². The minimum atomic E-state index is -0.863. The standard InChI is InChI=1S/C44H59N5O5/c1-27-37-22-34(44(37,3)4)23-38(27)46-42(52)41-40(28(2)51)39(26-50)54-49(41)25-30-13-10-14-31(17-30)32-19-33(21-35(20-32)47(5)6)43(53)48-16-15-45-24-36(48)18-29-11-8-7-9-12-29/h7-14,17,19-21,27-28,34,36-41,45,50-51H,15-16,18,22-26H2,1-6H3,(H,46,52)/t27-,28-,34-,36-,37+,38-,39-,40+,41-/m0/s1. The Morgan fingerprint density at radius 1 is 1.02 bits per heavy atom. The van der Waals surface area contributed by atoms with Crippen molar-refractivity contribution >= 4 is 17.5 Å². The average molecular weight is 738 g/mol. The van der Waals surface area contributed by atoms with Gasteiger partial charge in [-0.3, -0.25) is 14.4 Å². The molecule has 2 bridgehead atoms. The van der Waals surface area contributed by atoms with Gasteiger partial charge in [0.25, 0.3) is 5.91 Å². The minimum absolute atomic E-state index is 0.0187. The molecule has 0 aromatic heterocycles. The van der Waals surface area contributed by atoms with E-state index in [1.54, 1.807) is 12.0 Å². The lowest BCUT2D eigenvalue weighted by atomic mass is 9.45. The molecule has 10 nitrogen and oxygen atoms in total. The molecule has 54 heavy (non-hydrogen) atoms. The monoisotopic (exact) mass is 737 g/mol. The van der Waals surface area contributed by atoms with E-state index in [0.717, 1.165) is 48.3 Å². The van der Waals surface area contributed by atoms with E-state index >= 15 is 0 Å². The number of rotatable bonds is 11. The van der Waals surface area contributed by atoms with Gasteiger partial charge in [-0.2, -0.15) is 5.06 Å². The Balaban J connectivity index is 1.13. The average Bonchev–Trinajstić information content (AvgIpc) is 3.54. The van der Waals surface area contributed by atoms with Crippen molar-refractivity contribution < 1.29 is 24.6 Å². The highest BCUT2D eigenvalue weighted by Gasteiger charge is 2.57. The Bertz CT molecular complexity index is 1800. The van der Waals surface area contributed by atoms with E-state index < -0.39 is 24.2 Å². The number of fused-ring (bicyclic) bond motifs is 2. The summed E-state index contributed by atoms with van der Waals surface area (Å²) in [5, 5.41) is 29.7. The molecule has 290 valence electrons. The van der Waals surface area contributed by atoms with Crippen LogP contribution in [0.5, 0.6) is 0 Å². The van der Waals surface area contributed by atoms with Gasteiger partial charge in [0.05, 0.1) is 19.3 Å². The molecule has 2 saturated heterocycles. The van der Waals surface area contributed by atoms with Gasteiger partial charge in [-0.05, 0) is 95.9 Å². The van der Waals surface area contributed by atoms with E-state index in [4.69, 9.17) is 4.84 Å². The maximum atomic E-state index is 14.3. The maximum Gasteiger partial charge on any atom is 0.254 e. The van der Waals surface area contributed by atoms with Crippen molar-refractivity contribution in [2.24, 2.45) is 29.1 Å². The van der Waals surface area contributed by atoms with Crippen LogP contribution < -0.4 is 15.5 Å². The van der Waals surface area contributed by atoms with Gasteiger partial charge >= 0.3 is 0 Å². The molecule has 2 heterocycles. The zero-order chi connectivity index (χ0) is 38.3. The number of hydroxylamine groups is 2. The van der Waals surface area contributed by atoms with Crippen molar-refractivity contribution in [2.45, 2.75) is 83.8 Å². The van der Waals surface area contributed by atoms with Crippen molar-refractivity contribution in [3.8, 4) is 11.1 Å². The molecule has 5 fully saturated rings. The van der Waals surface area contributed by atoms with E-state index in [2.05, 4.69) is 55.7 Å². The highest BCUT2D eigenvalue weighted by molar-refractivity contribution is 5.97. The van der Waals surface area contributed by atoms with Gasteiger partial charge in [-0.1, -0.05) is 69.3 Å². The summed E-state index contributed by atoms with van der Waals surface area (Å²) in [5.41, 5.74) is 5.85. The first-order valence-electron chi connectivity index (χ1n) is 19.9. The van der Waals surface area contributed by atoms with Crippen LogP contribution in [0.15, 0.2) is 72.8 Å². The number of piperazine rings is 1. The van der Waals surface area contributed by atoms with Crippen LogP contribution >= 0.6 is 0 Å². The number of amides is 2. The fraction of sp³-hybridized carbons (Fsp3) is 0.545. The number of aliphatic hydroxyl groups is 2. The number of carbonyl (C=O) groups excluding carboxylic acids is 2. The number of carbonyl (C=O) groups is 2. The molecule has 2 amide bonds. The fourth-order valence-electron chi connectivity index (χ4n) is 9.94. The van der Waals surface area contributed by atoms with E-state index in [0.29, 0.717) is 35.3 Å². The number of hydrogen-bond acceptors (Lipinski definition) is 8. The van der Waals surface area contributed by atoms with Crippen LogP contribution in [0.4, 0.5) is 5.69 Å². The molecule has 4 N–H and O–H groups in total. The van der Waals surface area contributed by atoms with Crippen LogP contribution in [0.1, 0.15) is 62.0 Å². The molecule has 3 aliphatic carbocycles. The predicted octanol–water partition coefficient (Wildman–Crippen LogP) is 4.74. The van der Waals surface area contributed by atoms with E-state index in [1.807, 2.05) is 72.4 Å². The lowest BCUT2D eigenvalue weighted by molar-refractivity contribution is -0.183. The Labute approximate surface area is 320 Å². The van der Waals surface area contributed by atoms with Crippen LogP contribution in [0, 0.1) is 29.1 Å². The van der Waals surface area contributed by atoms with Crippen LogP contribution in [-0.2, 0) is 22.6 Å². The fourth-order valence-corrected chi connectivity index (χ4v) is 9.94. The zero-order valence-electron chi connectivity index (χ0n) is 32.7. The van der Waals surface area contributed by atoms with Crippen molar-refractivity contribution in [3.63, 3.8) is 0 Å². The highest BCUT2D eigenvalue weighted by atomic mass is 16.7. The van der Waals surface area contributed by atoms with Gasteiger partial charge in [0.2, 0.25) is 5.91 Å². The van der Waals surface area contributed by atoms with Gasteiger partial charge in [-0.25, -0.2) is 0 Å². The van der Waals surface area contributed by atoms with Crippen LogP contribution in [0.3, 0.4) is 0 Å². The summed E-state index contributed by atoms with van der Waals surface area (Å²) >= 11 is 0. The first-order chi connectivity index (χ1) is 25.8. The van der Waals surface area contributed by atoms with Crippen molar-refractivity contribution in [1.82, 2.24) is 20.6 Å². The Morgan fingerprint density at radius 3 is 2.46 bits per heavy atom. The molecule has 10 heteroatoms. The lowest BCUT2D eigenvalue weighted by Crippen LogP contribution is -2.62. The number of anilines is 1. The topological polar surface area (TPSA) is 118 Å². The SMILES string of the molecule is C[C@@H]1[C@@H](NC(=O)[C@@H]2[C@H]([C@H](C)O)[C@H](CO)ON2Cc2cccc(-c3cc(C(=O)N4CCNC[C@@H]4Cc4ccccc4)cc(N(C)C)c3)c2)C[C@@H]2C[C@H]1C2(C)C. The molecule has 5 aliphatic rings. The molecule has 0 unspecified atom stereocenters. The first-order valence-corrected chi connectivity index (χ1v) is 19.9. The Hall–Kier alpha value is -3.80. The van der Waals surface area contributed by atoms with Gasteiger partial charge in [0.15, 0.2) is 0 Å². The molecule has 0 spiro atoms. The summed E-state index contributed by atoms with van der Waals surface area (Å²) < 4.78 is 0. The largest absolute Gasteiger partial charge is 0.394 e. The molecule has 3 aromatic carbocycles. The molecule has 8 rings (SSSR count). The molecule has 0 radical (unpaired) electrons. The summed E-state index contributed by atoms with van der Waals surface area (Å²) in [4.78, 5) is 38.8. The predicted molar refractivity (Wildman–Crippen MR) is 212 cm³/mol. The summed E-state index contributed by atoms with van der Waals surface area (Å²) in [7, 11) is 3.97. The maximum absolute atomic E-state index is 14.3. The summed E-state index contributed by atoms with van der Waals surface area (Å²) in [6.07, 6.45) is 1.38. The quantitative estimate of drug-likeness (QED) is 0.223. The zero-order valence-corrected chi connectivity index (χ0v) is 32.7. The number of hydrogen-bond donors (Lipinski definition) is 4. The van der Waals surface area contributed by atoms with Gasteiger partial charge in [-0.15, -0.1) is 0 Å². The molecule has 9 atom stereocenters. The van der Waals surface area contributed by atoms with Crippen molar-refractivity contribution in [2.75, 3.05) is 45.2 Å². The lowest BCUT2D eigenvalue weighted by Gasteiger charge is -2.62. The van der Waals surface area contributed by atoms with Crippen LogP contribution in [0.25, 0.3) is 11.1 Å². The van der Waals surface area contributed by atoms with E-state index in [1.165, 1.54) is 12.0 Å². The van der Waals surface area contributed by atoms with Crippen molar-refractivity contribution in [3.05, 3.63) is 89.5 Å². The highest BCUT2D eigenvalue weighted by Crippen LogP contribution is 2.61. The number of benzene rings is 3. The number of aliphatic hydroxyl groups excluding tert-OH is 2. The second kappa shape index (κ2) is 15.7. The molecular formula is C44H59N5O5. The third kappa shape index (κ3) is 7.56. The smallest absolute Gasteiger partial charge is 0.254 e. The minimum Gasteiger partial charge on any atom is -0.394 e. The molecule has 2 aliphatic heterocycles. The molecule has 3 aromatic rings. The van der Waals surface area contributed by atoms with Crippen LogP contribution in [0.2, 0.25) is 0 Å². The van der Waals surface area contributed by atoms with Crippen LogP contribution in [-0.4, -0.2) is 103 Å². The van der Waals surface area contributed by atoms with E-state index in [9.17, 15) is 19.8 Å². The van der Waals surface area contributed by atoms with Gasteiger partial charge in [0, 0.05) is 63.0 Å². The van der Waals surface area contributed by atoms with Gasteiger partial charge in [0.1, 0.15) is 12.1 Å². The second-order valence-corrected chi connectivity index (χ2v) is 17.1. The summed E-state index contributed by atoms with van der Waals surface area (Å²) in [5.74, 6) is 0.789. The van der Waals surface area contributed by atoms with Crippen molar-refractivity contribution in [1.29, 1.82) is 0 Å². The number of nitrogens with one attached hydrogen (secondary N) is 2. The number of nitrogens with zero attached hydrogens (tertiary/aromatic N) is 3. The summed E-state index contributed by atoms with van der Waals surface area (Å²) in [6, 6.07) is 23.8. The Kier molecular flexibility index (Phi) is 11.2. The second-order valence-electron chi connectivity index (χ2n) is 17.1. The molecule has 3 saturated carbocycles. The normalized spacial score (nSPS) is 29.7. The summed E-state index contributed by atoms with van der Waals surface area (Å²) in [6.45, 7) is 10.7. The van der Waals surface area contributed by atoms with Gasteiger partial charge < -0.3 is 30.6 Å².